The first kappa shape index (κ1) is 22.8. The molecule has 1 aliphatic carbocycles. The number of ether oxygens (including phenoxy) is 1. The lowest BCUT2D eigenvalue weighted by Crippen LogP contribution is -2.55. The summed E-state index contributed by atoms with van der Waals surface area (Å²) in [6, 6.07) is 24.6. The van der Waals surface area contributed by atoms with Gasteiger partial charge in [-0.15, -0.1) is 0 Å². The van der Waals surface area contributed by atoms with Crippen LogP contribution >= 0.6 is 0 Å². The van der Waals surface area contributed by atoms with E-state index in [1.54, 1.807) is 6.08 Å². The molecule has 2 bridgehead atoms. The maximum atomic E-state index is 13.4. The van der Waals surface area contributed by atoms with Crippen molar-refractivity contribution in [1.82, 2.24) is 4.90 Å². The van der Waals surface area contributed by atoms with Gasteiger partial charge in [0.05, 0.1) is 0 Å². The Morgan fingerprint density at radius 1 is 0.889 bits per heavy atom. The second-order valence-corrected chi connectivity index (χ2v) is 10.3. The number of rotatable bonds is 5. The van der Waals surface area contributed by atoms with Crippen LogP contribution in [0, 0.1) is 5.92 Å². The molecule has 2 atom stereocenters. The van der Waals surface area contributed by atoms with E-state index >= 15 is 0 Å². The third-order valence-corrected chi connectivity index (χ3v) is 8.30. The van der Waals surface area contributed by atoms with Gasteiger partial charge in [0.1, 0.15) is 6.61 Å². The topological polar surface area (TPSA) is 46.6 Å². The van der Waals surface area contributed by atoms with Crippen molar-refractivity contribution >= 4 is 18.0 Å². The molecular formula is C32H31NO3. The first-order valence-corrected chi connectivity index (χ1v) is 13.0. The third kappa shape index (κ3) is 3.95. The van der Waals surface area contributed by atoms with Gasteiger partial charge in [-0.25, -0.2) is 4.79 Å². The summed E-state index contributed by atoms with van der Waals surface area (Å²) in [4.78, 5) is 28.7. The molecule has 3 aliphatic rings. The predicted octanol–water partition coefficient (Wildman–Crippen LogP) is 7.09. The summed E-state index contributed by atoms with van der Waals surface area (Å²) in [7, 11) is 0. The Hall–Kier alpha value is -3.66. The molecule has 2 unspecified atom stereocenters. The molecule has 3 aromatic rings. The molecule has 2 saturated heterocycles. The summed E-state index contributed by atoms with van der Waals surface area (Å²) in [5.74, 6) is 0.179. The fourth-order valence-electron chi connectivity index (χ4n) is 6.62. The Labute approximate surface area is 212 Å². The molecule has 3 aromatic carbocycles. The maximum Gasteiger partial charge on any atom is 0.410 e. The van der Waals surface area contributed by atoms with E-state index in [1.165, 1.54) is 22.3 Å². The number of carbonyl (C=O) groups excluding carboxylic acids is 2. The van der Waals surface area contributed by atoms with E-state index in [4.69, 9.17) is 4.74 Å². The molecule has 0 saturated carbocycles. The molecule has 4 heteroatoms. The maximum absolute atomic E-state index is 13.4. The first-order valence-electron chi connectivity index (χ1n) is 13.0. The van der Waals surface area contributed by atoms with Gasteiger partial charge in [-0.1, -0.05) is 79.4 Å². The van der Waals surface area contributed by atoms with Crippen LogP contribution in [0.4, 0.5) is 4.79 Å². The Balaban J connectivity index is 1.16. The monoisotopic (exact) mass is 477 g/mol. The highest BCUT2D eigenvalue weighted by molar-refractivity contribution is 5.98. The smallest absolute Gasteiger partial charge is 0.410 e. The second kappa shape index (κ2) is 9.42. The zero-order valence-corrected chi connectivity index (χ0v) is 20.4. The van der Waals surface area contributed by atoms with Crippen LogP contribution in [0.1, 0.15) is 65.1 Å². The van der Waals surface area contributed by atoms with Crippen LogP contribution in [0.5, 0.6) is 0 Å². The van der Waals surface area contributed by atoms with Crippen LogP contribution < -0.4 is 0 Å². The van der Waals surface area contributed by atoms with Crippen molar-refractivity contribution in [2.45, 2.75) is 50.1 Å². The minimum atomic E-state index is -0.230. The molecule has 0 radical (unpaired) electrons. The number of hydrogen-bond donors (Lipinski definition) is 0. The minimum absolute atomic E-state index is 0.0532. The Bertz CT molecular complexity index is 1270. The van der Waals surface area contributed by atoms with Crippen LogP contribution in [0.25, 0.3) is 17.2 Å². The highest BCUT2D eigenvalue weighted by atomic mass is 16.6. The molecule has 36 heavy (non-hydrogen) atoms. The van der Waals surface area contributed by atoms with Gasteiger partial charge in [0.15, 0.2) is 5.78 Å². The molecule has 0 spiro atoms. The zero-order chi connectivity index (χ0) is 24.6. The summed E-state index contributed by atoms with van der Waals surface area (Å²) in [5.41, 5.74) is 6.59. The van der Waals surface area contributed by atoms with Crippen molar-refractivity contribution < 1.29 is 14.3 Å². The Kier molecular flexibility index (Phi) is 5.96. The number of nitrogens with zero attached hydrogens (tertiary/aromatic N) is 1. The molecule has 2 heterocycles. The largest absolute Gasteiger partial charge is 0.448 e. The molecule has 0 N–H and O–H groups in total. The summed E-state index contributed by atoms with van der Waals surface area (Å²) in [5, 5.41) is 0. The van der Waals surface area contributed by atoms with Crippen LogP contribution in [0.15, 0.2) is 79.4 Å². The van der Waals surface area contributed by atoms with E-state index in [1.807, 2.05) is 29.2 Å². The van der Waals surface area contributed by atoms with Gasteiger partial charge >= 0.3 is 6.09 Å². The molecular weight excluding hydrogens is 446 g/mol. The van der Waals surface area contributed by atoms with Crippen molar-refractivity contribution in [3.8, 4) is 11.1 Å². The number of ketones is 1. The number of amides is 1. The first-order chi connectivity index (χ1) is 17.6. The van der Waals surface area contributed by atoms with Gasteiger partial charge < -0.3 is 9.64 Å². The number of Topliss-reactive ketones (excluding diaryl/α,β-unsaturated/α-hetero) is 1. The van der Waals surface area contributed by atoms with Gasteiger partial charge in [0.2, 0.25) is 0 Å². The van der Waals surface area contributed by atoms with Crippen LogP contribution in [-0.2, 0) is 4.74 Å². The van der Waals surface area contributed by atoms with Crippen molar-refractivity contribution in [2.24, 2.45) is 5.92 Å². The molecule has 0 aromatic heterocycles. The number of benzene rings is 3. The van der Waals surface area contributed by atoms with Gasteiger partial charge in [-0.05, 0) is 66.0 Å². The summed E-state index contributed by atoms with van der Waals surface area (Å²) in [6.45, 7) is 4.15. The van der Waals surface area contributed by atoms with Gasteiger partial charge in [0.25, 0.3) is 0 Å². The van der Waals surface area contributed by atoms with Crippen LogP contribution in [0.3, 0.4) is 0 Å². The van der Waals surface area contributed by atoms with Crippen LogP contribution in [-0.4, -0.2) is 35.5 Å². The molecule has 2 fully saturated rings. The Morgan fingerprint density at radius 3 is 2.17 bits per heavy atom. The molecule has 6 rings (SSSR count). The zero-order valence-electron chi connectivity index (χ0n) is 20.4. The van der Waals surface area contributed by atoms with E-state index in [0.29, 0.717) is 19.4 Å². The summed E-state index contributed by atoms with van der Waals surface area (Å²) >= 11 is 0. The quantitative estimate of drug-likeness (QED) is 0.368. The highest BCUT2D eigenvalue weighted by Gasteiger charge is 2.44. The van der Waals surface area contributed by atoms with Crippen molar-refractivity contribution in [3.63, 3.8) is 0 Å². The number of fused-ring (bicyclic) bond motifs is 5. The highest BCUT2D eigenvalue weighted by Crippen LogP contribution is 2.45. The molecule has 182 valence electrons. The molecule has 2 aliphatic heterocycles. The average Bonchev–Trinajstić information content (AvgIpc) is 3.24. The van der Waals surface area contributed by atoms with Crippen LogP contribution in [0.2, 0.25) is 0 Å². The lowest BCUT2D eigenvalue weighted by Gasteiger charge is -2.47. The van der Waals surface area contributed by atoms with E-state index < -0.39 is 0 Å². The lowest BCUT2D eigenvalue weighted by atomic mass is 9.75. The number of piperidine rings is 2. The SMILES string of the molecule is C=Cc1cccc(C(=O)C2CC3CCCC(C2)N3C(=O)OCC2c3ccccc3-c3ccccc32)c1. The van der Waals surface area contributed by atoms with Gasteiger partial charge in [0, 0.05) is 29.5 Å². The van der Waals surface area contributed by atoms with E-state index in [9.17, 15) is 9.59 Å². The van der Waals surface area contributed by atoms with Crippen molar-refractivity contribution in [1.29, 1.82) is 0 Å². The van der Waals surface area contributed by atoms with Crippen molar-refractivity contribution in [3.05, 3.63) is 102 Å². The fourth-order valence-corrected chi connectivity index (χ4v) is 6.62. The van der Waals surface area contributed by atoms with Gasteiger partial charge in [-0.3, -0.25) is 4.79 Å². The molecule has 1 amide bonds. The third-order valence-electron chi connectivity index (χ3n) is 8.30. The predicted molar refractivity (Wildman–Crippen MR) is 142 cm³/mol. The number of carbonyl (C=O) groups is 2. The van der Waals surface area contributed by atoms with E-state index in [0.717, 1.165) is 30.4 Å². The second-order valence-electron chi connectivity index (χ2n) is 10.3. The fraction of sp³-hybridized carbons (Fsp3) is 0.312. The summed E-state index contributed by atoms with van der Waals surface area (Å²) < 4.78 is 6.02. The summed E-state index contributed by atoms with van der Waals surface area (Å²) in [6.07, 6.45) is 5.90. The van der Waals surface area contributed by atoms with E-state index in [-0.39, 0.29) is 35.8 Å². The molecule has 4 nitrogen and oxygen atoms in total. The van der Waals surface area contributed by atoms with E-state index in [2.05, 4.69) is 55.1 Å². The number of hydrogen-bond acceptors (Lipinski definition) is 3. The van der Waals surface area contributed by atoms with Gasteiger partial charge in [-0.2, -0.15) is 0 Å². The lowest BCUT2D eigenvalue weighted by molar-refractivity contribution is 0.00651. The average molecular weight is 478 g/mol. The standard InChI is InChI=1S/C32H31NO3/c1-2-21-9-7-10-22(17-21)31(34)23-18-24-11-8-12-25(19-23)33(24)32(35)36-20-30-28-15-5-3-13-26(28)27-14-4-6-16-29(27)30/h2-7,9-10,13-17,23-25,30H,1,8,11-12,18-20H2. The normalized spacial score (nSPS) is 22.4. The minimum Gasteiger partial charge on any atom is -0.448 e. The van der Waals surface area contributed by atoms with Crippen molar-refractivity contribution in [2.75, 3.05) is 6.61 Å². The Morgan fingerprint density at radius 2 is 1.53 bits per heavy atom.